The van der Waals surface area contributed by atoms with Crippen molar-refractivity contribution in [1.29, 1.82) is 0 Å². The highest BCUT2D eigenvalue weighted by Crippen LogP contribution is 2.39. The first-order valence-corrected chi connectivity index (χ1v) is 8.59. The maximum atomic E-state index is 12.8. The van der Waals surface area contributed by atoms with Gasteiger partial charge < -0.3 is 20.3 Å². The number of hydrogen-bond donors (Lipinski definition) is 2. The minimum atomic E-state index is -0.433. The molecular formula is C20H24FNO3. The third-order valence-corrected chi connectivity index (χ3v) is 4.74. The first kappa shape index (κ1) is 17.7. The molecule has 2 aromatic rings. The normalized spacial score (nSPS) is 22.8. The molecule has 0 heterocycles. The molecule has 2 atom stereocenters. The van der Waals surface area contributed by atoms with E-state index in [1.165, 1.54) is 17.7 Å². The molecule has 0 aliphatic heterocycles. The fourth-order valence-electron chi connectivity index (χ4n) is 3.27. The van der Waals surface area contributed by atoms with Crippen molar-refractivity contribution in [3.05, 3.63) is 59.9 Å². The lowest BCUT2D eigenvalue weighted by Gasteiger charge is -2.21. The van der Waals surface area contributed by atoms with Crippen molar-refractivity contribution in [2.45, 2.75) is 30.7 Å². The van der Waals surface area contributed by atoms with Gasteiger partial charge in [-0.3, -0.25) is 0 Å². The van der Waals surface area contributed by atoms with Gasteiger partial charge in [0.05, 0.1) is 6.61 Å². The molecule has 5 heteroatoms. The molecule has 25 heavy (non-hydrogen) atoms. The van der Waals surface area contributed by atoms with Gasteiger partial charge in [0.25, 0.3) is 0 Å². The predicted octanol–water partition coefficient (Wildman–Crippen LogP) is 3.24. The van der Waals surface area contributed by atoms with Crippen molar-refractivity contribution in [3.8, 4) is 11.5 Å². The standard InChI is InChI=1S/C20H24FNO3/c21-17-3-7-19(8-4-17)25-12-11-24-18-5-1-15(2-6-18)16-9-10-20(22,13-16)14-23/h1-8,16,23H,9-14,22H2/t16-,20-/m1/s1. The Morgan fingerprint density at radius 2 is 1.56 bits per heavy atom. The number of rotatable bonds is 7. The van der Waals surface area contributed by atoms with Crippen molar-refractivity contribution >= 4 is 0 Å². The van der Waals surface area contributed by atoms with Crippen LogP contribution in [0.1, 0.15) is 30.7 Å². The number of aliphatic hydroxyl groups is 1. The van der Waals surface area contributed by atoms with Crippen LogP contribution in [0, 0.1) is 5.82 Å². The highest BCUT2D eigenvalue weighted by atomic mass is 19.1. The molecular weight excluding hydrogens is 321 g/mol. The molecule has 0 spiro atoms. The van der Waals surface area contributed by atoms with Gasteiger partial charge in [-0.05, 0) is 67.1 Å². The van der Waals surface area contributed by atoms with E-state index < -0.39 is 5.54 Å². The highest BCUT2D eigenvalue weighted by Gasteiger charge is 2.35. The number of ether oxygens (including phenoxy) is 2. The average molecular weight is 345 g/mol. The summed E-state index contributed by atoms with van der Waals surface area (Å²) in [4.78, 5) is 0. The van der Waals surface area contributed by atoms with Crippen LogP contribution in [-0.2, 0) is 0 Å². The van der Waals surface area contributed by atoms with Crippen molar-refractivity contribution in [3.63, 3.8) is 0 Å². The summed E-state index contributed by atoms with van der Waals surface area (Å²) in [7, 11) is 0. The second-order valence-electron chi connectivity index (χ2n) is 6.68. The molecule has 1 aliphatic rings. The number of nitrogens with two attached hydrogens (primary N) is 1. The molecule has 0 aromatic heterocycles. The molecule has 0 radical (unpaired) electrons. The maximum absolute atomic E-state index is 12.8. The molecule has 4 nitrogen and oxygen atoms in total. The molecule has 1 fully saturated rings. The second kappa shape index (κ2) is 7.85. The molecule has 0 unspecified atom stereocenters. The van der Waals surface area contributed by atoms with Gasteiger partial charge in [-0.15, -0.1) is 0 Å². The van der Waals surface area contributed by atoms with Gasteiger partial charge in [0.1, 0.15) is 30.5 Å². The van der Waals surface area contributed by atoms with Crippen molar-refractivity contribution in [2.24, 2.45) is 5.73 Å². The first-order chi connectivity index (χ1) is 12.1. The third-order valence-electron chi connectivity index (χ3n) is 4.74. The van der Waals surface area contributed by atoms with E-state index in [0.29, 0.717) is 24.9 Å². The molecule has 0 bridgehead atoms. The van der Waals surface area contributed by atoms with E-state index in [4.69, 9.17) is 15.2 Å². The van der Waals surface area contributed by atoms with Crippen LogP contribution in [0.5, 0.6) is 11.5 Å². The Kier molecular flexibility index (Phi) is 5.56. The number of halogens is 1. The van der Waals surface area contributed by atoms with Gasteiger partial charge >= 0.3 is 0 Å². The van der Waals surface area contributed by atoms with E-state index >= 15 is 0 Å². The SMILES string of the molecule is N[C@]1(CO)CC[C@@H](c2ccc(OCCOc3ccc(F)cc3)cc2)C1. The zero-order valence-electron chi connectivity index (χ0n) is 14.2. The number of aliphatic hydroxyl groups excluding tert-OH is 1. The topological polar surface area (TPSA) is 64.7 Å². The van der Waals surface area contributed by atoms with E-state index in [0.717, 1.165) is 25.0 Å². The molecule has 1 aliphatic carbocycles. The lowest BCUT2D eigenvalue weighted by atomic mass is 9.94. The molecule has 134 valence electrons. The Balaban J connectivity index is 1.44. The van der Waals surface area contributed by atoms with E-state index in [-0.39, 0.29) is 12.4 Å². The van der Waals surface area contributed by atoms with E-state index in [1.807, 2.05) is 12.1 Å². The monoisotopic (exact) mass is 345 g/mol. The summed E-state index contributed by atoms with van der Waals surface area (Å²) in [6.45, 7) is 0.845. The van der Waals surface area contributed by atoms with Gasteiger partial charge in [0.15, 0.2) is 0 Å². The van der Waals surface area contributed by atoms with E-state index in [9.17, 15) is 9.50 Å². The summed E-state index contributed by atoms with van der Waals surface area (Å²) >= 11 is 0. The van der Waals surface area contributed by atoms with Gasteiger partial charge in [0, 0.05) is 5.54 Å². The average Bonchev–Trinajstić information content (AvgIpc) is 3.04. The van der Waals surface area contributed by atoms with Gasteiger partial charge in [0.2, 0.25) is 0 Å². The summed E-state index contributed by atoms with van der Waals surface area (Å²) < 4.78 is 24.0. The van der Waals surface area contributed by atoms with Crippen LogP contribution in [-0.4, -0.2) is 30.5 Å². The Morgan fingerprint density at radius 3 is 2.08 bits per heavy atom. The fraction of sp³-hybridized carbons (Fsp3) is 0.400. The minimum Gasteiger partial charge on any atom is -0.490 e. The van der Waals surface area contributed by atoms with Crippen molar-refractivity contribution < 1.29 is 19.0 Å². The quantitative estimate of drug-likeness (QED) is 0.756. The van der Waals surface area contributed by atoms with Crippen molar-refractivity contribution in [1.82, 2.24) is 0 Å². The predicted molar refractivity (Wildman–Crippen MR) is 94.4 cm³/mol. The lowest BCUT2D eigenvalue weighted by molar-refractivity contribution is 0.198. The van der Waals surface area contributed by atoms with Gasteiger partial charge in [-0.1, -0.05) is 12.1 Å². The second-order valence-corrected chi connectivity index (χ2v) is 6.68. The Labute approximate surface area is 147 Å². The van der Waals surface area contributed by atoms with E-state index in [1.54, 1.807) is 12.1 Å². The number of benzene rings is 2. The Bertz CT molecular complexity index is 674. The van der Waals surface area contributed by atoms with Crippen molar-refractivity contribution in [2.75, 3.05) is 19.8 Å². The first-order valence-electron chi connectivity index (χ1n) is 8.59. The maximum Gasteiger partial charge on any atom is 0.123 e. The summed E-state index contributed by atoms with van der Waals surface area (Å²) in [5, 5.41) is 9.38. The van der Waals surface area contributed by atoms with Crippen LogP contribution in [0.2, 0.25) is 0 Å². The van der Waals surface area contributed by atoms with Crippen LogP contribution in [0.25, 0.3) is 0 Å². The molecule has 0 saturated heterocycles. The smallest absolute Gasteiger partial charge is 0.123 e. The summed E-state index contributed by atoms with van der Waals surface area (Å²) in [5.74, 6) is 1.52. The number of hydrogen-bond acceptors (Lipinski definition) is 4. The van der Waals surface area contributed by atoms with Crippen LogP contribution >= 0.6 is 0 Å². The molecule has 2 aromatic carbocycles. The highest BCUT2D eigenvalue weighted by molar-refractivity contribution is 5.30. The van der Waals surface area contributed by atoms with Crippen LogP contribution in [0.4, 0.5) is 4.39 Å². The van der Waals surface area contributed by atoms with Gasteiger partial charge in [-0.25, -0.2) is 4.39 Å². The summed E-state index contributed by atoms with van der Waals surface area (Å²) in [5.41, 5.74) is 6.94. The summed E-state index contributed by atoms with van der Waals surface area (Å²) in [6, 6.07) is 13.9. The summed E-state index contributed by atoms with van der Waals surface area (Å²) in [6.07, 6.45) is 2.67. The van der Waals surface area contributed by atoms with Gasteiger partial charge in [-0.2, -0.15) is 0 Å². The van der Waals surface area contributed by atoms with Crippen LogP contribution < -0.4 is 15.2 Å². The molecule has 0 amide bonds. The molecule has 1 saturated carbocycles. The lowest BCUT2D eigenvalue weighted by Crippen LogP contribution is -2.40. The zero-order valence-corrected chi connectivity index (χ0v) is 14.2. The van der Waals surface area contributed by atoms with Crippen LogP contribution in [0.15, 0.2) is 48.5 Å². The Morgan fingerprint density at radius 1 is 1.00 bits per heavy atom. The zero-order chi connectivity index (χ0) is 17.7. The third kappa shape index (κ3) is 4.71. The van der Waals surface area contributed by atoms with Crippen LogP contribution in [0.3, 0.4) is 0 Å². The Hall–Kier alpha value is -2.11. The largest absolute Gasteiger partial charge is 0.490 e. The minimum absolute atomic E-state index is 0.0404. The van der Waals surface area contributed by atoms with E-state index in [2.05, 4.69) is 12.1 Å². The molecule has 3 rings (SSSR count). The fourth-order valence-corrected chi connectivity index (χ4v) is 3.27. The molecule has 3 N–H and O–H groups in total.